The third kappa shape index (κ3) is 3.76. The zero-order valence-corrected chi connectivity index (χ0v) is 11.5. The van der Waals surface area contributed by atoms with E-state index >= 15 is 0 Å². The molecule has 0 amide bonds. The molecule has 0 aromatic heterocycles. The van der Waals surface area contributed by atoms with Crippen molar-refractivity contribution in [3.05, 3.63) is 12.2 Å². The molecule has 0 aliphatic carbocycles. The van der Waals surface area contributed by atoms with Crippen molar-refractivity contribution in [1.29, 1.82) is 0 Å². The van der Waals surface area contributed by atoms with Gasteiger partial charge in [0.1, 0.15) is 18.3 Å². The summed E-state index contributed by atoms with van der Waals surface area (Å²) in [7, 11) is 1.48. The second-order valence-corrected chi connectivity index (χ2v) is 4.71. The molecule has 0 saturated carbocycles. The summed E-state index contributed by atoms with van der Waals surface area (Å²) in [5, 5.41) is 20.2. The van der Waals surface area contributed by atoms with Crippen molar-refractivity contribution in [3.63, 3.8) is 0 Å². The molecule has 1 heterocycles. The average Bonchev–Trinajstić information content (AvgIpc) is 2.37. The molecular formula is C13H22O6. The van der Waals surface area contributed by atoms with Crippen LogP contribution in [0.1, 0.15) is 20.3 Å². The third-order valence-corrected chi connectivity index (χ3v) is 3.11. The van der Waals surface area contributed by atoms with Crippen LogP contribution in [0.5, 0.6) is 0 Å². The lowest BCUT2D eigenvalue weighted by Gasteiger charge is -2.41. The van der Waals surface area contributed by atoms with Crippen LogP contribution in [0, 0.1) is 0 Å². The van der Waals surface area contributed by atoms with E-state index in [0.717, 1.165) is 0 Å². The molecule has 5 atom stereocenters. The molecule has 1 rings (SSSR count). The Labute approximate surface area is 113 Å². The Hall–Kier alpha value is -0.950. The van der Waals surface area contributed by atoms with E-state index in [9.17, 15) is 15.0 Å². The predicted molar refractivity (Wildman–Crippen MR) is 67.5 cm³/mol. The van der Waals surface area contributed by atoms with E-state index in [1.807, 2.05) is 6.92 Å². The highest BCUT2D eigenvalue weighted by molar-refractivity contribution is 5.87. The van der Waals surface area contributed by atoms with Crippen LogP contribution < -0.4 is 0 Å². The first-order valence-corrected chi connectivity index (χ1v) is 6.29. The van der Waals surface area contributed by atoms with E-state index in [4.69, 9.17) is 14.2 Å². The Morgan fingerprint density at radius 3 is 2.37 bits per heavy atom. The van der Waals surface area contributed by atoms with Crippen molar-refractivity contribution in [3.8, 4) is 0 Å². The molecule has 0 aromatic rings. The van der Waals surface area contributed by atoms with Crippen molar-refractivity contribution < 1.29 is 29.2 Å². The van der Waals surface area contributed by atoms with E-state index in [-0.39, 0.29) is 12.2 Å². The normalized spacial score (nSPS) is 34.9. The van der Waals surface area contributed by atoms with Gasteiger partial charge < -0.3 is 24.4 Å². The van der Waals surface area contributed by atoms with Crippen LogP contribution in [-0.4, -0.2) is 60.4 Å². The summed E-state index contributed by atoms with van der Waals surface area (Å²) < 4.78 is 15.6. The van der Waals surface area contributed by atoms with E-state index in [2.05, 4.69) is 6.58 Å². The molecule has 1 fully saturated rings. The van der Waals surface area contributed by atoms with Crippen LogP contribution in [0.3, 0.4) is 0 Å². The number of hydrogen-bond acceptors (Lipinski definition) is 6. The summed E-state index contributed by atoms with van der Waals surface area (Å²) in [5.41, 5.74) is 0.210. The number of ether oxygens (including phenoxy) is 3. The van der Waals surface area contributed by atoms with Crippen molar-refractivity contribution in [1.82, 2.24) is 0 Å². The summed E-state index contributed by atoms with van der Waals surface area (Å²) in [4.78, 5) is 11.5. The maximum atomic E-state index is 11.5. The SMILES string of the molecule is C=C(C)C(=O)OC1C(O)C(CC)OC(COC)C1O. The zero-order valence-electron chi connectivity index (χ0n) is 11.5. The van der Waals surface area contributed by atoms with Gasteiger partial charge in [-0.15, -0.1) is 0 Å². The van der Waals surface area contributed by atoms with Crippen molar-refractivity contribution in [2.45, 2.75) is 50.8 Å². The first kappa shape index (κ1) is 16.1. The van der Waals surface area contributed by atoms with Crippen LogP contribution in [0.15, 0.2) is 12.2 Å². The highest BCUT2D eigenvalue weighted by Crippen LogP contribution is 2.26. The van der Waals surface area contributed by atoms with Gasteiger partial charge in [-0.25, -0.2) is 4.79 Å². The molecule has 6 nitrogen and oxygen atoms in total. The minimum Gasteiger partial charge on any atom is -0.453 e. The molecular weight excluding hydrogens is 252 g/mol. The number of hydrogen-bond donors (Lipinski definition) is 2. The lowest BCUT2D eigenvalue weighted by atomic mass is 9.93. The standard InChI is InChI=1S/C13H22O6/c1-5-8-10(14)12(19-13(16)7(2)3)11(15)9(18-8)6-17-4/h8-12,14-15H,2,5-6H2,1,3-4H3. The first-order valence-electron chi connectivity index (χ1n) is 6.29. The van der Waals surface area contributed by atoms with Crippen LogP contribution in [0.4, 0.5) is 0 Å². The fourth-order valence-electron chi connectivity index (χ4n) is 2.01. The lowest BCUT2D eigenvalue weighted by molar-refractivity contribution is -0.239. The van der Waals surface area contributed by atoms with Gasteiger partial charge in [0.25, 0.3) is 0 Å². The van der Waals surface area contributed by atoms with Crippen LogP contribution in [0.2, 0.25) is 0 Å². The van der Waals surface area contributed by atoms with E-state index in [0.29, 0.717) is 6.42 Å². The largest absolute Gasteiger partial charge is 0.453 e. The van der Waals surface area contributed by atoms with Crippen LogP contribution in [-0.2, 0) is 19.0 Å². The number of esters is 1. The molecule has 110 valence electrons. The van der Waals surface area contributed by atoms with Crippen LogP contribution in [0.25, 0.3) is 0 Å². The van der Waals surface area contributed by atoms with Crippen molar-refractivity contribution in [2.24, 2.45) is 0 Å². The molecule has 0 aromatic carbocycles. The molecule has 1 aliphatic heterocycles. The number of rotatable bonds is 5. The average molecular weight is 274 g/mol. The smallest absolute Gasteiger partial charge is 0.333 e. The zero-order chi connectivity index (χ0) is 14.6. The second-order valence-electron chi connectivity index (χ2n) is 4.71. The molecule has 5 unspecified atom stereocenters. The predicted octanol–water partition coefficient (Wildman–Crippen LogP) is 0.0199. The second kappa shape index (κ2) is 7.00. The number of methoxy groups -OCH3 is 1. The Balaban J connectivity index is 2.83. The van der Waals surface area contributed by atoms with Crippen molar-refractivity contribution in [2.75, 3.05) is 13.7 Å². The summed E-state index contributed by atoms with van der Waals surface area (Å²) in [6, 6.07) is 0. The van der Waals surface area contributed by atoms with Crippen LogP contribution >= 0.6 is 0 Å². The van der Waals surface area contributed by atoms with E-state index < -0.39 is 36.5 Å². The molecule has 0 spiro atoms. The van der Waals surface area contributed by atoms with Gasteiger partial charge in [0.2, 0.25) is 0 Å². The fourth-order valence-corrected chi connectivity index (χ4v) is 2.01. The van der Waals surface area contributed by atoms with Gasteiger partial charge in [-0.05, 0) is 13.3 Å². The lowest BCUT2D eigenvalue weighted by Crippen LogP contribution is -2.59. The van der Waals surface area contributed by atoms with Gasteiger partial charge in [0, 0.05) is 12.7 Å². The minimum absolute atomic E-state index is 0.158. The Morgan fingerprint density at radius 2 is 1.89 bits per heavy atom. The van der Waals surface area contributed by atoms with Crippen molar-refractivity contribution >= 4 is 5.97 Å². The first-order chi connectivity index (χ1) is 8.92. The van der Waals surface area contributed by atoms with E-state index in [1.54, 1.807) is 0 Å². The maximum absolute atomic E-state index is 11.5. The van der Waals surface area contributed by atoms with Gasteiger partial charge in [-0.2, -0.15) is 0 Å². The highest BCUT2D eigenvalue weighted by Gasteiger charge is 2.46. The molecule has 0 radical (unpaired) electrons. The summed E-state index contributed by atoms with van der Waals surface area (Å²) in [5.74, 6) is -0.643. The Kier molecular flexibility index (Phi) is 5.93. The number of carbonyl (C=O) groups excluding carboxylic acids is 1. The van der Waals surface area contributed by atoms with Gasteiger partial charge in [0.15, 0.2) is 6.10 Å². The summed E-state index contributed by atoms with van der Waals surface area (Å²) in [6.45, 7) is 6.97. The summed E-state index contributed by atoms with van der Waals surface area (Å²) >= 11 is 0. The molecule has 1 aliphatic rings. The topological polar surface area (TPSA) is 85.2 Å². The van der Waals surface area contributed by atoms with Gasteiger partial charge in [0.05, 0.1) is 12.7 Å². The van der Waals surface area contributed by atoms with Gasteiger partial charge in [-0.1, -0.05) is 13.5 Å². The van der Waals surface area contributed by atoms with Gasteiger partial charge in [-0.3, -0.25) is 0 Å². The minimum atomic E-state index is -1.14. The number of carbonyl (C=O) groups is 1. The number of aliphatic hydroxyl groups is 2. The maximum Gasteiger partial charge on any atom is 0.333 e. The Morgan fingerprint density at radius 1 is 1.32 bits per heavy atom. The number of aliphatic hydroxyl groups excluding tert-OH is 2. The molecule has 19 heavy (non-hydrogen) atoms. The molecule has 0 bridgehead atoms. The monoisotopic (exact) mass is 274 g/mol. The molecule has 6 heteroatoms. The quantitative estimate of drug-likeness (QED) is 0.543. The van der Waals surface area contributed by atoms with Gasteiger partial charge >= 0.3 is 5.97 Å². The summed E-state index contributed by atoms with van der Waals surface area (Å²) in [6.07, 6.45) is -3.86. The fraction of sp³-hybridized carbons (Fsp3) is 0.769. The third-order valence-electron chi connectivity index (χ3n) is 3.11. The molecule has 2 N–H and O–H groups in total. The highest BCUT2D eigenvalue weighted by atomic mass is 16.6. The Bertz CT molecular complexity index is 329. The molecule has 1 saturated heterocycles. The van der Waals surface area contributed by atoms with E-state index in [1.165, 1.54) is 14.0 Å².